The van der Waals surface area contributed by atoms with E-state index < -0.39 is 0 Å². The third-order valence-electron chi connectivity index (χ3n) is 0. The predicted molar refractivity (Wildman–Crippen MR) is 18.5 cm³/mol. The van der Waals surface area contributed by atoms with Crippen molar-refractivity contribution in [2.45, 2.75) is 0 Å². The van der Waals surface area contributed by atoms with E-state index in [0.29, 0.717) is 0 Å². The van der Waals surface area contributed by atoms with Crippen LogP contribution in [0.5, 0.6) is 0 Å². The van der Waals surface area contributed by atoms with E-state index in [1.165, 1.54) is 0 Å². The van der Waals surface area contributed by atoms with E-state index >= 15 is 0 Å². The molecule has 38 valence electrons. The van der Waals surface area contributed by atoms with E-state index in [9.17, 15) is 0 Å². The molecule has 0 heterocycles. The third-order valence-corrected chi connectivity index (χ3v) is 0. The fraction of sp³-hybridized carbons (Fsp3) is 0. The minimum atomic E-state index is 0. The van der Waals surface area contributed by atoms with Gasteiger partial charge in [0.05, 0.1) is 12.4 Å². The first-order valence-corrected chi connectivity index (χ1v) is 0. The van der Waals surface area contributed by atoms with Crippen LogP contribution in [0.3, 0.4) is 0 Å². The summed E-state index contributed by atoms with van der Waals surface area (Å²) in [5.74, 6) is 0. The van der Waals surface area contributed by atoms with E-state index in [1.807, 2.05) is 0 Å². The van der Waals surface area contributed by atoms with Gasteiger partial charge in [-0.05, 0) is 0 Å². The van der Waals surface area contributed by atoms with Crippen LogP contribution in [0.4, 0.5) is 0 Å². The first-order chi connectivity index (χ1) is 0. The summed E-state index contributed by atoms with van der Waals surface area (Å²) in [5.41, 5.74) is 0. The van der Waals surface area contributed by atoms with Crippen LogP contribution in [-0.4, -0.2) is 40.4 Å². The summed E-state index contributed by atoms with van der Waals surface area (Å²) in [4.78, 5) is 0. The minimum Gasteiger partial charge on any atom is -1.00 e. The molecule has 0 saturated heterocycles. The first-order valence-electron chi connectivity index (χ1n) is 0. The van der Waals surface area contributed by atoms with Gasteiger partial charge in [0, 0.05) is 0 Å². The zero-order valence-electron chi connectivity index (χ0n) is 2.29. The van der Waals surface area contributed by atoms with E-state index in [2.05, 4.69) is 0 Å². The molecular weight excluding hydrogens is 193 g/mol. The van der Waals surface area contributed by atoms with Gasteiger partial charge in [-0.15, -0.1) is 0 Å². The molecule has 0 N–H and O–H groups in total. The molecule has 6 heavy (non-hydrogen) atoms. The Bertz CT molecular complexity index is 7.51. The molecule has 0 spiro atoms. The van der Waals surface area contributed by atoms with Gasteiger partial charge in [0.25, 0.3) is 0 Å². The Balaban J connectivity index is 0. The van der Waals surface area contributed by atoms with E-state index in [4.69, 9.17) is 0 Å². The fourth-order valence-corrected chi connectivity index (χ4v) is 0. The van der Waals surface area contributed by atoms with Crippen molar-refractivity contribution in [3.63, 3.8) is 0 Å². The first kappa shape index (κ1) is 77.8. The molecule has 0 atom stereocenters. The van der Waals surface area contributed by atoms with Crippen LogP contribution in [0.2, 0.25) is 0 Å². The van der Waals surface area contributed by atoms with Crippen LogP contribution < -0.4 is 37.2 Å². The van der Waals surface area contributed by atoms with Gasteiger partial charge in [-0.25, -0.2) is 0 Å². The van der Waals surface area contributed by atoms with Crippen molar-refractivity contribution >= 4 is 40.4 Å². The quantitative estimate of drug-likeness (QED) is 0.339. The maximum atomic E-state index is 0. The molecule has 0 aliphatic carbocycles. The van der Waals surface area contributed by atoms with Gasteiger partial charge in [-0.3, -0.25) is 0 Å². The SMILES string of the molecule is [AlH3].[Cl-].[Cl-].[Cl-].[ClH2+].[Mg+2]. The molecule has 0 bridgehead atoms. The fourth-order valence-electron chi connectivity index (χ4n) is 0. The largest absolute Gasteiger partial charge is 2.00 e. The zero-order chi connectivity index (χ0) is 0. The Morgan fingerprint density at radius 2 is 0.667 bits per heavy atom. The zero-order valence-corrected chi connectivity index (χ0v) is 6.86. The van der Waals surface area contributed by atoms with Crippen LogP contribution >= 0.6 is 0 Å². The summed E-state index contributed by atoms with van der Waals surface area (Å²) in [6, 6.07) is 0. The molecule has 6 heteroatoms. The Hall–Kier alpha value is 2.46. The van der Waals surface area contributed by atoms with Gasteiger partial charge in [-0.1, -0.05) is 0 Å². The summed E-state index contributed by atoms with van der Waals surface area (Å²) in [7, 11) is 0. The smallest absolute Gasteiger partial charge is 1.00 e. The van der Waals surface area contributed by atoms with Gasteiger partial charge < -0.3 is 37.2 Å². The van der Waals surface area contributed by atoms with Crippen LogP contribution in [-0.2, 0) is 0 Å². The van der Waals surface area contributed by atoms with Crippen LogP contribution in [0.1, 0.15) is 0 Å². The molecule has 0 rings (SSSR count). The Morgan fingerprint density at radius 3 is 0.667 bits per heavy atom. The van der Waals surface area contributed by atoms with Crippen molar-refractivity contribution in [2.24, 2.45) is 0 Å². The summed E-state index contributed by atoms with van der Waals surface area (Å²) in [5, 5.41) is 0. The molecule has 0 unspecified atom stereocenters. The molecule has 0 amide bonds. The number of hydrogen-bond donors (Lipinski definition) is 0. The number of halogens is 4. The third kappa shape index (κ3) is 31.8. The maximum absolute atomic E-state index is 0. The molecule has 0 aromatic heterocycles. The van der Waals surface area contributed by atoms with Crippen molar-refractivity contribution in [1.29, 1.82) is 0 Å². The second-order valence-corrected chi connectivity index (χ2v) is 0. The standard InChI is InChI=1S/Al.ClH2.3ClH.Mg.3H/h;1H2;3*1H;;;;/q;+1;;;;+2;;;/p-3. The molecule has 0 fully saturated rings. The van der Waals surface area contributed by atoms with Crippen molar-refractivity contribution in [3.05, 3.63) is 0 Å². The van der Waals surface area contributed by atoms with Crippen molar-refractivity contribution in [2.75, 3.05) is 0 Å². The van der Waals surface area contributed by atoms with Gasteiger partial charge in [-0.2, -0.15) is 0 Å². The van der Waals surface area contributed by atoms with Gasteiger partial charge in [0.1, 0.15) is 0 Å². The molecule has 0 aliphatic rings. The molecule has 0 radical (unpaired) electrons. The maximum Gasteiger partial charge on any atom is 2.00 e. The molecule has 0 aliphatic heterocycles. The number of rotatable bonds is 0. The Labute approximate surface area is 89.1 Å². The second-order valence-electron chi connectivity index (χ2n) is 0. The molecule has 0 aromatic carbocycles. The van der Waals surface area contributed by atoms with Gasteiger partial charge in [0.2, 0.25) is 0 Å². The summed E-state index contributed by atoms with van der Waals surface area (Å²) in [6.07, 6.45) is 0. The van der Waals surface area contributed by atoms with Gasteiger partial charge in [0.15, 0.2) is 17.4 Å². The molecular formula is H5AlCl4Mg. The van der Waals surface area contributed by atoms with E-state index in [0.717, 1.165) is 0 Å². The monoisotopic (exact) mass is 196 g/mol. The summed E-state index contributed by atoms with van der Waals surface area (Å²) < 4.78 is 0. The molecule has 0 nitrogen and oxygen atoms in total. The van der Waals surface area contributed by atoms with Crippen LogP contribution in [0.15, 0.2) is 0 Å². The summed E-state index contributed by atoms with van der Waals surface area (Å²) >= 11 is 0. The van der Waals surface area contributed by atoms with Crippen molar-refractivity contribution in [1.82, 2.24) is 0 Å². The van der Waals surface area contributed by atoms with Gasteiger partial charge >= 0.3 is 23.1 Å². The van der Waals surface area contributed by atoms with E-state index in [1.54, 1.807) is 0 Å². The predicted octanol–water partition coefficient (Wildman–Crippen LogP) is -11.1. The minimum absolute atomic E-state index is 0. The average molecular weight is 198 g/mol. The van der Waals surface area contributed by atoms with Crippen molar-refractivity contribution < 1.29 is 49.6 Å². The topological polar surface area (TPSA) is 0 Å². The second kappa shape index (κ2) is 51.5. The molecule has 0 aromatic rings. The molecule has 0 saturated carbocycles. The van der Waals surface area contributed by atoms with Crippen molar-refractivity contribution in [3.8, 4) is 0 Å². The number of hydrogen-bond acceptors (Lipinski definition) is 0. The Kier molecular flexibility index (Phi) is 668. The van der Waals surface area contributed by atoms with Crippen LogP contribution in [0, 0.1) is 12.4 Å². The summed E-state index contributed by atoms with van der Waals surface area (Å²) in [6.45, 7) is 0. The Morgan fingerprint density at radius 1 is 0.667 bits per heavy atom. The normalized spacial score (nSPS) is 0. The van der Waals surface area contributed by atoms with E-state index in [-0.39, 0.29) is 90.0 Å². The van der Waals surface area contributed by atoms with Crippen LogP contribution in [0.25, 0.3) is 0 Å². The average Bonchev–Trinajstić information content (AvgIpc) is 0.